The van der Waals surface area contributed by atoms with Crippen LogP contribution in [0.25, 0.3) is 0 Å². The van der Waals surface area contributed by atoms with Crippen molar-refractivity contribution in [3.8, 4) is 0 Å². The summed E-state index contributed by atoms with van der Waals surface area (Å²) in [6.07, 6.45) is 1.17. The third-order valence-electron chi connectivity index (χ3n) is 5.36. The van der Waals surface area contributed by atoms with Crippen LogP contribution in [0.2, 0.25) is 0 Å². The van der Waals surface area contributed by atoms with E-state index in [0.29, 0.717) is 30.2 Å². The van der Waals surface area contributed by atoms with E-state index in [1.807, 2.05) is 0 Å². The number of nitrogens with one attached hydrogen (secondary N) is 4. The minimum absolute atomic E-state index is 0.0636. The molecule has 2 amide bonds. The van der Waals surface area contributed by atoms with Gasteiger partial charge in [-0.1, -0.05) is 0 Å². The molecule has 1 aromatic rings. The Morgan fingerprint density at radius 1 is 0.750 bits per heavy atom. The first-order valence-electron chi connectivity index (χ1n) is 14.7. The van der Waals surface area contributed by atoms with E-state index >= 15 is 0 Å². The zero-order chi connectivity index (χ0) is 33.7. The molecule has 0 radical (unpaired) electrons. The molecule has 0 aromatic heterocycles. The van der Waals surface area contributed by atoms with Crippen LogP contribution in [0.15, 0.2) is 24.3 Å². The Morgan fingerprint density at radius 3 is 1.70 bits per heavy atom. The van der Waals surface area contributed by atoms with Gasteiger partial charge in [0.2, 0.25) is 0 Å². The molecular weight excluding hydrogens is 591 g/mol. The lowest BCUT2D eigenvalue weighted by Gasteiger charge is -2.27. The van der Waals surface area contributed by atoms with E-state index in [0.717, 1.165) is 0 Å². The van der Waals surface area contributed by atoms with Crippen LogP contribution in [0.3, 0.4) is 0 Å². The van der Waals surface area contributed by atoms with E-state index in [1.165, 1.54) is 12.1 Å². The van der Waals surface area contributed by atoms with Gasteiger partial charge in [-0.05, 0) is 124 Å². The molecule has 0 bridgehead atoms. The lowest BCUT2D eigenvalue weighted by molar-refractivity contribution is -0.159. The molecule has 11 nitrogen and oxygen atoms in total. The Labute approximate surface area is 265 Å². The standard InChI is InChI=1S/C31H49FN4O7S/c1-29(2,3)41-24(37)18-17-23(26(39)43-31(7,8)9)36-27(40)35-22(25(38)42-30(4,5)6)12-10-11-19-33-28(44)34-21-15-13-20(32)14-16-21/h13-16,22-23H,10-12,17-19H2,1-9H3,(H2,33,34,44)(H2,35,36,40)/t22-,23-/m0/s1. The summed E-state index contributed by atoms with van der Waals surface area (Å²) in [5.41, 5.74) is -1.69. The molecular formula is C31H49FN4O7S. The van der Waals surface area contributed by atoms with Crippen molar-refractivity contribution in [3.63, 3.8) is 0 Å². The Morgan fingerprint density at radius 2 is 1.23 bits per heavy atom. The van der Waals surface area contributed by atoms with Gasteiger partial charge in [0.25, 0.3) is 0 Å². The van der Waals surface area contributed by atoms with Crippen molar-refractivity contribution in [3.05, 3.63) is 30.1 Å². The van der Waals surface area contributed by atoms with E-state index < -0.39 is 52.8 Å². The van der Waals surface area contributed by atoms with Crippen LogP contribution in [0.5, 0.6) is 0 Å². The average Bonchev–Trinajstić information content (AvgIpc) is 2.83. The van der Waals surface area contributed by atoms with Crippen LogP contribution in [-0.2, 0) is 28.6 Å². The fraction of sp³-hybridized carbons (Fsp3) is 0.645. The fourth-order valence-electron chi connectivity index (χ4n) is 3.64. The average molecular weight is 641 g/mol. The molecule has 0 unspecified atom stereocenters. The van der Waals surface area contributed by atoms with Crippen LogP contribution in [0.4, 0.5) is 14.9 Å². The third kappa shape index (κ3) is 18.2. The summed E-state index contributed by atoms with van der Waals surface area (Å²) in [5, 5.41) is 11.5. The van der Waals surface area contributed by atoms with Gasteiger partial charge >= 0.3 is 23.9 Å². The van der Waals surface area contributed by atoms with Gasteiger partial charge in [-0.25, -0.2) is 18.8 Å². The molecule has 1 rings (SSSR count). The second-order valence-corrected chi connectivity index (χ2v) is 13.7. The molecule has 0 aliphatic rings. The van der Waals surface area contributed by atoms with Gasteiger partial charge in [-0.3, -0.25) is 4.79 Å². The smallest absolute Gasteiger partial charge is 0.329 e. The SMILES string of the molecule is CC(C)(C)OC(=O)CC[C@H](NC(=O)N[C@@H](CCCCNC(=S)Nc1ccc(F)cc1)C(=O)OC(C)(C)C)C(=O)OC(C)(C)C. The summed E-state index contributed by atoms with van der Waals surface area (Å²) in [6, 6.07) is 2.81. The number of benzene rings is 1. The number of urea groups is 1. The van der Waals surface area contributed by atoms with Crippen molar-refractivity contribution in [1.82, 2.24) is 16.0 Å². The number of unbranched alkanes of at least 4 members (excludes halogenated alkanes) is 1. The number of carbonyl (C=O) groups is 4. The lowest BCUT2D eigenvalue weighted by atomic mass is 10.1. The highest BCUT2D eigenvalue weighted by Crippen LogP contribution is 2.15. The highest BCUT2D eigenvalue weighted by molar-refractivity contribution is 7.80. The predicted octanol–water partition coefficient (Wildman–Crippen LogP) is 5.12. The Kier molecular flexibility index (Phi) is 15.0. The molecule has 1 aromatic carbocycles. The third-order valence-corrected chi connectivity index (χ3v) is 5.60. The van der Waals surface area contributed by atoms with E-state index in [-0.39, 0.29) is 25.1 Å². The van der Waals surface area contributed by atoms with Crippen molar-refractivity contribution < 1.29 is 37.8 Å². The van der Waals surface area contributed by atoms with E-state index in [4.69, 9.17) is 26.4 Å². The van der Waals surface area contributed by atoms with Crippen molar-refractivity contribution >= 4 is 47.0 Å². The van der Waals surface area contributed by atoms with Gasteiger partial charge in [0, 0.05) is 18.7 Å². The Balaban J connectivity index is 2.81. The molecule has 0 aliphatic heterocycles. The molecule has 0 heterocycles. The number of esters is 3. The normalized spacial score (nSPS) is 13.1. The van der Waals surface area contributed by atoms with E-state index in [2.05, 4.69) is 21.3 Å². The number of anilines is 1. The molecule has 248 valence electrons. The number of amides is 2. The first kappa shape index (κ1) is 38.5. The second-order valence-electron chi connectivity index (χ2n) is 13.3. The van der Waals surface area contributed by atoms with Crippen molar-refractivity contribution in [2.24, 2.45) is 0 Å². The second kappa shape index (κ2) is 17.1. The number of ether oxygens (including phenoxy) is 3. The summed E-state index contributed by atoms with van der Waals surface area (Å²) in [5.74, 6) is -2.23. The zero-order valence-corrected chi connectivity index (χ0v) is 28.2. The Hall–Kier alpha value is -3.48. The molecule has 4 N–H and O–H groups in total. The van der Waals surface area contributed by atoms with Crippen molar-refractivity contribution in [1.29, 1.82) is 0 Å². The largest absolute Gasteiger partial charge is 0.460 e. The summed E-state index contributed by atoms with van der Waals surface area (Å²) < 4.78 is 29.4. The molecule has 13 heteroatoms. The maximum atomic E-state index is 13.1. The molecule has 0 saturated carbocycles. The number of halogens is 1. The van der Waals surface area contributed by atoms with Gasteiger partial charge in [-0.15, -0.1) is 0 Å². The van der Waals surface area contributed by atoms with Crippen LogP contribution < -0.4 is 21.3 Å². The molecule has 0 spiro atoms. The first-order chi connectivity index (χ1) is 20.1. The van der Waals surface area contributed by atoms with E-state index in [1.54, 1.807) is 74.4 Å². The first-order valence-corrected chi connectivity index (χ1v) is 15.1. The highest BCUT2D eigenvalue weighted by Gasteiger charge is 2.31. The van der Waals surface area contributed by atoms with Crippen LogP contribution >= 0.6 is 12.2 Å². The predicted molar refractivity (Wildman–Crippen MR) is 170 cm³/mol. The maximum absolute atomic E-state index is 13.1. The van der Waals surface area contributed by atoms with Crippen LogP contribution in [0, 0.1) is 5.82 Å². The van der Waals surface area contributed by atoms with Gasteiger partial charge in [0.05, 0.1) is 0 Å². The summed E-state index contributed by atoms with van der Waals surface area (Å²) in [4.78, 5) is 51.2. The summed E-state index contributed by atoms with van der Waals surface area (Å²) in [7, 11) is 0. The number of thiocarbonyl (C=S) groups is 1. The van der Waals surface area contributed by atoms with E-state index in [9.17, 15) is 23.6 Å². The molecule has 0 fully saturated rings. The number of hydrogen-bond donors (Lipinski definition) is 4. The number of carbonyl (C=O) groups excluding carboxylic acids is 4. The lowest BCUT2D eigenvalue weighted by Crippen LogP contribution is -2.53. The summed E-state index contributed by atoms with van der Waals surface area (Å²) >= 11 is 5.26. The zero-order valence-electron chi connectivity index (χ0n) is 27.4. The number of hydrogen-bond acceptors (Lipinski definition) is 8. The minimum Gasteiger partial charge on any atom is -0.460 e. The molecule has 2 atom stereocenters. The quantitative estimate of drug-likeness (QED) is 0.0992. The minimum atomic E-state index is -1.17. The van der Waals surface area contributed by atoms with Gasteiger partial charge in [0.1, 0.15) is 34.7 Å². The monoisotopic (exact) mass is 640 g/mol. The van der Waals surface area contributed by atoms with Crippen LogP contribution in [-0.4, -0.2) is 64.5 Å². The van der Waals surface area contributed by atoms with Crippen LogP contribution in [0.1, 0.15) is 94.4 Å². The van der Waals surface area contributed by atoms with Gasteiger partial charge in [-0.2, -0.15) is 0 Å². The number of rotatable bonds is 13. The van der Waals surface area contributed by atoms with Gasteiger partial charge < -0.3 is 35.5 Å². The van der Waals surface area contributed by atoms with Crippen molar-refractivity contribution in [2.45, 2.75) is 123 Å². The topological polar surface area (TPSA) is 144 Å². The maximum Gasteiger partial charge on any atom is 0.329 e. The molecule has 0 saturated heterocycles. The fourth-order valence-corrected chi connectivity index (χ4v) is 3.86. The summed E-state index contributed by atoms with van der Waals surface area (Å²) in [6.45, 7) is 15.9. The highest BCUT2D eigenvalue weighted by atomic mass is 32.1. The molecule has 0 aliphatic carbocycles. The Bertz CT molecular complexity index is 1130. The van der Waals surface area contributed by atoms with Gasteiger partial charge in [0.15, 0.2) is 5.11 Å². The molecule has 44 heavy (non-hydrogen) atoms. The van der Waals surface area contributed by atoms with Crippen molar-refractivity contribution in [2.75, 3.05) is 11.9 Å².